The van der Waals surface area contributed by atoms with Crippen molar-refractivity contribution in [2.75, 3.05) is 13.1 Å². The van der Waals surface area contributed by atoms with Gasteiger partial charge in [0, 0.05) is 18.5 Å². The van der Waals surface area contributed by atoms with Crippen molar-refractivity contribution in [3.05, 3.63) is 21.9 Å². The van der Waals surface area contributed by atoms with E-state index in [-0.39, 0.29) is 12.5 Å². The van der Waals surface area contributed by atoms with Crippen molar-refractivity contribution < 1.29 is 19.5 Å². The SMILES string of the molecule is NC(=O)c1csc(C(=O)N2CCC[C@@H](C(=O)O)C2)c1. The van der Waals surface area contributed by atoms with Crippen LogP contribution < -0.4 is 5.73 Å². The zero-order valence-electron chi connectivity index (χ0n) is 10.2. The highest BCUT2D eigenvalue weighted by molar-refractivity contribution is 7.12. The monoisotopic (exact) mass is 282 g/mol. The minimum atomic E-state index is -0.874. The van der Waals surface area contributed by atoms with E-state index in [2.05, 4.69) is 0 Å². The molecule has 0 radical (unpaired) electrons. The van der Waals surface area contributed by atoms with E-state index in [9.17, 15) is 14.4 Å². The Hall–Kier alpha value is -1.89. The summed E-state index contributed by atoms with van der Waals surface area (Å²) in [5.41, 5.74) is 5.44. The molecule has 1 aromatic heterocycles. The molecule has 1 atom stereocenters. The summed E-state index contributed by atoms with van der Waals surface area (Å²) in [6, 6.07) is 1.46. The van der Waals surface area contributed by atoms with Crippen LogP contribution in [0.2, 0.25) is 0 Å². The summed E-state index contributed by atoms with van der Waals surface area (Å²) in [7, 11) is 0. The van der Waals surface area contributed by atoms with Crippen LogP contribution in [-0.2, 0) is 4.79 Å². The van der Waals surface area contributed by atoms with Gasteiger partial charge in [-0.05, 0) is 18.9 Å². The van der Waals surface area contributed by atoms with Crippen LogP contribution in [0.5, 0.6) is 0 Å². The molecule has 6 nitrogen and oxygen atoms in total. The van der Waals surface area contributed by atoms with Crippen molar-refractivity contribution >= 4 is 29.1 Å². The summed E-state index contributed by atoms with van der Waals surface area (Å²) >= 11 is 1.15. The van der Waals surface area contributed by atoms with E-state index in [1.54, 1.807) is 0 Å². The Bertz CT molecular complexity index is 526. The maximum atomic E-state index is 12.2. The fraction of sp³-hybridized carbons (Fsp3) is 0.417. The molecule has 0 bridgehead atoms. The van der Waals surface area contributed by atoms with Crippen molar-refractivity contribution in [3.63, 3.8) is 0 Å². The number of primary amides is 1. The number of carbonyl (C=O) groups is 3. The van der Waals surface area contributed by atoms with Crippen LogP contribution in [0.25, 0.3) is 0 Å². The minimum absolute atomic E-state index is 0.220. The Morgan fingerprint density at radius 3 is 2.74 bits per heavy atom. The molecule has 0 saturated carbocycles. The molecular weight excluding hydrogens is 268 g/mol. The molecule has 7 heteroatoms. The van der Waals surface area contributed by atoms with E-state index < -0.39 is 17.8 Å². The highest BCUT2D eigenvalue weighted by Gasteiger charge is 2.29. The topological polar surface area (TPSA) is 101 Å². The zero-order chi connectivity index (χ0) is 14.0. The van der Waals surface area contributed by atoms with Crippen LogP contribution >= 0.6 is 11.3 Å². The van der Waals surface area contributed by atoms with Gasteiger partial charge in [-0.1, -0.05) is 0 Å². The van der Waals surface area contributed by atoms with E-state index in [0.717, 1.165) is 11.3 Å². The van der Waals surface area contributed by atoms with E-state index >= 15 is 0 Å². The van der Waals surface area contributed by atoms with Gasteiger partial charge in [-0.2, -0.15) is 0 Å². The fourth-order valence-corrected chi connectivity index (χ4v) is 2.96. The van der Waals surface area contributed by atoms with Crippen LogP contribution in [-0.4, -0.2) is 40.9 Å². The van der Waals surface area contributed by atoms with Gasteiger partial charge in [0.25, 0.3) is 5.91 Å². The average Bonchev–Trinajstić information content (AvgIpc) is 2.87. The quantitative estimate of drug-likeness (QED) is 0.855. The molecule has 1 saturated heterocycles. The number of carbonyl (C=O) groups excluding carboxylic acids is 2. The van der Waals surface area contributed by atoms with E-state index in [1.807, 2.05) is 0 Å². The number of aliphatic carboxylic acids is 1. The Kier molecular flexibility index (Phi) is 3.84. The molecule has 0 aromatic carbocycles. The minimum Gasteiger partial charge on any atom is -0.481 e. The lowest BCUT2D eigenvalue weighted by Crippen LogP contribution is -2.42. The van der Waals surface area contributed by atoms with Crippen LogP contribution in [0.15, 0.2) is 11.4 Å². The molecular formula is C12H14N2O4S. The molecule has 1 aliphatic heterocycles. The lowest BCUT2D eigenvalue weighted by Gasteiger charge is -2.30. The van der Waals surface area contributed by atoms with Crippen molar-refractivity contribution in [3.8, 4) is 0 Å². The number of rotatable bonds is 3. The summed E-state index contributed by atoms with van der Waals surface area (Å²) in [4.78, 5) is 36.1. The third-order valence-electron chi connectivity index (χ3n) is 3.15. The van der Waals surface area contributed by atoms with Crippen molar-refractivity contribution in [1.82, 2.24) is 4.90 Å². The van der Waals surface area contributed by atoms with Gasteiger partial charge >= 0.3 is 5.97 Å². The Morgan fingerprint density at radius 2 is 2.16 bits per heavy atom. The van der Waals surface area contributed by atoms with Gasteiger partial charge in [-0.3, -0.25) is 14.4 Å². The number of amides is 2. The van der Waals surface area contributed by atoms with Gasteiger partial charge < -0.3 is 15.7 Å². The molecule has 0 spiro atoms. The summed E-state index contributed by atoms with van der Waals surface area (Å²) in [6.07, 6.45) is 1.27. The third kappa shape index (κ3) is 2.93. The standard InChI is InChI=1S/C12H14N2O4S/c13-10(15)8-4-9(19-6-8)11(16)14-3-1-2-7(5-14)12(17)18/h4,6-7H,1-3,5H2,(H2,13,15)(H,17,18)/t7-/m1/s1. The second-order valence-corrected chi connectivity index (χ2v) is 5.40. The van der Waals surface area contributed by atoms with Gasteiger partial charge in [0.05, 0.1) is 16.4 Å². The highest BCUT2D eigenvalue weighted by atomic mass is 32.1. The normalized spacial score (nSPS) is 19.2. The first-order valence-corrected chi connectivity index (χ1v) is 6.77. The lowest BCUT2D eigenvalue weighted by atomic mass is 9.98. The number of nitrogens with two attached hydrogens (primary N) is 1. The molecule has 2 heterocycles. The Morgan fingerprint density at radius 1 is 1.42 bits per heavy atom. The summed E-state index contributed by atoms with van der Waals surface area (Å²) < 4.78 is 0. The molecule has 2 amide bonds. The van der Waals surface area contributed by atoms with E-state index in [0.29, 0.717) is 29.8 Å². The predicted molar refractivity (Wildman–Crippen MR) is 69.1 cm³/mol. The molecule has 1 aliphatic rings. The number of hydrogen-bond acceptors (Lipinski definition) is 4. The number of carboxylic acid groups (broad SMARTS) is 1. The first-order chi connectivity index (χ1) is 8.99. The number of thiophene rings is 1. The molecule has 3 N–H and O–H groups in total. The van der Waals surface area contributed by atoms with Gasteiger partial charge in [-0.15, -0.1) is 11.3 Å². The number of carboxylic acids is 1. The Labute approximate surface area is 113 Å². The molecule has 2 rings (SSSR count). The predicted octanol–water partition coefficient (Wildman–Crippen LogP) is 0.784. The smallest absolute Gasteiger partial charge is 0.308 e. The number of hydrogen-bond donors (Lipinski definition) is 2. The highest BCUT2D eigenvalue weighted by Crippen LogP contribution is 2.22. The molecule has 1 fully saturated rings. The van der Waals surface area contributed by atoms with Crippen LogP contribution in [0.4, 0.5) is 0 Å². The van der Waals surface area contributed by atoms with Gasteiger partial charge in [0.2, 0.25) is 5.91 Å². The van der Waals surface area contributed by atoms with Crippen LogP contribution in [0, 0.1) is 5.92 Å². The summed E-state index contributed by atoms with van der Waals surface area (Å²) in [5.74, 6) is -2.18. The largest absolute Gasteiger partial charge is 0.481 e. The summed E-state index contributed by atoms with van der Waals surface area (Å²) in [6.45, 7) is 0.768. The van der Waals surface area contributed by atoms with E-state index in [1.165, 1.54) is 16.3 Å². The second kappa shape index (κ2) is 5.40. The van der Waals surface area contributed by atoms with Gasteiger partial charge in [0.1, 0.15) is 0 Å². The number of likely N-dealkylation sites (tertiary alicyclic amines) is 1. The van der Waals surface area contributed by atoms with Crippen molar-refractivity contribution in [2.45, 2.75) is 12.8 Å². The fourth-order valence-electron chi connectivity index (χ4n) is 2.10. The van der Waals surface area contributed by atoms with Crippen molar-refractivity contribution in [2.24, 2.45) is 11.7 Å². The molecule has 0 unspecified atom stereocenters. The molecule has 1 aromatic rings. The van der Waals surface area contributed by atoms with Crippen molar-refractivity contribution in [1.29, 1.82) is 0 Å². The number of piperidine rings is 1. The first-order valence-electron chi connectivity index (χ1n) is 5.89. The maximum absolute atomic E-state index is 12.2. The molecule has 19 heavy (non-hydrogen) atoms. The van der Waals surface area contributed by atoms with E-state index in [4.69, 9.17) is 10.8 Å². The molecule has 0 aliphatic carbocycles. The molecule has 102 valence electrons. The first kappa shape index (κ1) is 13.5. The van der Waals surface area contributed by atoms with Gasteiger partial charge in [0.15, 0.2) is 0 Å². The van der Waals surface area contributed by atoms with Gasteiger partial charge in [-0.25, -0.2) is 0 Å². The Balaban J connectivity index is 2.10. The summed E-state index contributed by atoms with van der Waals surface area (Å²) in [5, 5.41) is 10.5. The van der Waals surface area contributed by atoms with Crippen LogP contribution in [0.3, 0.4) is 0 Å². The average molecular weight is 282 g/mol. The zero-order valence-corrected chi connectivity index (χ0v) is 11.0. The number of nitrogens with zero attached hydrogens (tertiary/aromatic N) is 1. The van der Waals surface area contributed by atoms with Crippen LogP contribution in [0.1, 0.15) is 32.9 Å². The third-order valence-corrected chi connectivity index (χ3v) is 4.07. The second-order valence-electron chi connectivity index (χ2n) is 4.49. The maximum Gasteiger partial charge on any atom is 0.308 e. The lowest BCUT2D eigenvalue weighted by molar-refractivity contribution is -0.143.